The fraction of sp³-hybridized carbons (Fsp3) is 0.158. The van der Waals surface area contributed by atoms with Crippen molar-refractivity contribution in [2.75, 3.05) is 5.32 Å². The van der Waals surface area contributed by atoms with E-state index in [4.69, 9.17) is 4.74 Å². The van der Waals surface area contributed by atoms with Gasteiger partial charge in [0.05, 0.1) is 11.1 Å². The van der Waals surface area contributed by atoms with Crippen LogP contribution in [0.2, 0.25) is 0 Å². The molecule has 8 heteroatoms. The van der Waals surface area contributed by atoms with Gasteiger partial charge < -0.3 is 15.0 Å². The summed E-state index contributed by atoms with van der Waals surface area (Å²) in [7, 11) is 0. The monoisotopic (exact) mass is 376 g/mol. The van der Waals surface area contributed by atoms with Gasteiger partial charge >= 0.3 is 12.1 Å². The molecular formula is C19H15F3N2O3. The summed E-state index contributed by atoms with van der Waals surface area (Å²) < 4.78 is 42.8. The van der Waals surface area contributed by atoms with Crippen molar-refractivity contribution in [2.24, 2.45) is 0 Å². The number of alkyl halides is 3. The molecule has 3 aromatic rings. The van der Waals surface area contributed by atoms with Crippen LogP contribution in [0, 0.1) is 0 Å². The number of aromatic nitrogens is 1. The van der Waals surface area contributed by atoms with E-state index in [0.717, 1.165) is 29.8 Å². The Kier molecular flexibility index (Phi) is 4.89. The number of hydrogen-bond acceptors (Lipinski definition) is 3. The summed E-state index contributed by atoms with van der Waals surface area (Å²) >= 11 is 0. The Morgan fingerprint density at radius 2 is 1.74 bits per heavy atom. The van der Waals surface area contributed by atoms with Crippen LogP contribution in [0.3, 0.4) is 0 Å². The largest absolute Gasteiger partial charge is 0.449 e. The van der Waals surface area contributed by atoms with Gasteiger partial charge in [0, 0.05) is 22.8 Å². The summed E-state index contributed by atoms with van der Waals surface area (Å²) in [5.74, 6) is -1.33. The lowest BCUT2D eigenvalue weighted by Crippen LogP contribution is -2.30. The normalized spacial score (nSPS) is 12.6. The minimum absolute atomic E-state index is 0.169. The van der Waals surface area contributed by atoms with Gasteiger partial charge in [0.1, 0.15) is 0 Å². The highest BCUT2D eigenvalue weighted by atomic mass is 19.4. The standard InChI is InChI=1S/C19H15F3N2O3/c1-11(17(25)24-13-8-6-12(7-9-13)19(20,21)22)27-18(26)15-10-23-16-5-3-2-4-14(15)16/h2-11,23H,1H3,(H,24,25)/t11-/m0/s1. The van der Waals surface area contributed by atoms with Crippen molar-refractivity contribution >= 4 is 28.5 Å². The molecule has 0 fully saturated rings. The SMILES string of the molecule is C[C@H](OC(=O)c1c[nH]c2ccccc12)C(=O)Nc1ccc(C(F)(F)F)cc1. The Labute approximate surface area is 152 Å². The van der Waals surface area contributed by atoms with Crippen LogP contribution in [-0.2, 0) is 15.7 Å². The van der Waals surface area contributed by atoms with E-state index >= 15 is 0 Å². The first kappa shape index (κ1) is 18.5. The number of esters is 1. The minimum Gasteiger partial charge on any atom is -0.449 e. The van der Waals surface area contributed by atoms with Crippen LogP contribution in [0.5, 0.6) is 0 Å². The number of carbonyl (C=O) groups excluding carboxylic acids is 2. The Bertz CT molecular complexity index is 978. The molecule has 0 aliphatic carbocycles. The van der Waals surface area contributed by atoms with Gasteiger partial charge in [-0.15, -0.1) is 0 Å². The van der Waals surface area contributed by atoms with Crippen LogP contribution in [0.1, 0.15) is 22.8 Å². The molecule has 5 nitrogen and oxygen atoms in total. The molecule has 0 unspecified atom stereocenters. The van der Waals surface area contributed by atoms with Crippen LogP contribution in [0.4, 0.5) is 18.9 Å². The van der Waals surface area contributed by atoms with Crippen molar-refractivity contribution in [3.8, 4) is 0 Å². The number of fused-ring (bicyclic) bond motifs is 1. The fourth-order valence-corrected chi connectivity index (χ4v) is 2.50. The van der Waals surface area contributed by atoms with Crippen molar-refractivity contribution in [3.05, 3.63) is 65.9 Å². The van der Waals surface area contributed by atoms with Crippen molar-refractivity contribution in [3.63, 3.8) is 0 Å². The number of ether oxygens (including phenoxy) is 1. The number of amides is 1. The number of aromatic amines is 1. The number of carbonyl (C=O) groups is 2. The van der Waals surface area contributed by atoms with E-state index in [1.807, 2.05) is 6.07 Å². The first-order valence-corrected chi connectivity index (χ1v) is 8.01. The first-order valence-electron chi connectivity index (χ1n) is 8.01. The maximum absolute atomic E-state index is 12.6. The number of para-hydroxylation sites is 1. The van der Waals surface area contributed by atoms with Gasteiger partial charge in [-0.1, -0.05) is 18.2 Å². The lowest BCUT2D eigenvalue weighted by Gasteiger charge is -2.14. The molecule has 0 saturated carbocycles. The molecular weight excluding hydrogens is 361 g/mol. The smallest absolute Gasteiger partial charge is 0.416 e. The van der Waals surface area contributed by atoms with Crippen molar-refractivity contribution in [2.45, 2.75) is 19.2 Å². The maximum Gasteiger partial charge on any atom is 0.416 e. The lowest BCUT2D eigenvalue weighted by molar-refractivity contribution is -0.137. The van der Waals surface area contributed by atoms with Crippen molar-refractivity contribution < 1.29 is 27.5 Å². The predicted octanol–water partition coefficient (Wildman–Crippen LogP) is 4.37. The highest BCUT2D eigenvalue weighted by molar-refractivity contribution is 6.05. The lowest BCUT2D eigenvalue weighted by atomic mass is 10.2. The molecule has 0 aliphatic heterocycles. The molecule has 2 aromatic carbocycles. The molecule has 0 saturated heterocycles. The van der Waals surface area contributed by atoms with Gasteiger partial charge in [-0.25, -0.2) is 4.79 Å². The zero-order valence-corrected chi connectivity index (χ0v) is 14.1. The van der Waals surface area contributed by atoms with Gasteiger partial charge in [-0.2, -0.15) is 13.2 Å². The Morgan fingerprint density at radius 1 is 1.07 bits per heavy atom. The topological polar surface area (TPSA) is 71.2 Å². The second-order valence-corrected chi connectivity index (χ2v) is 5.86. The number of anilines is 1. The van der Waals surface area contributed by atoms with Crippen molar-refractivity contribution in [1.82, 2.24) is 4.98 Å². The number of benzene rings is 2. The predicted molar refractivity (Wildman–Crippen MR) is 93.2 cm³/mol. The van der Waals surface area contributed by atoms with E-state index in [1.54, 1.807) is 18.2 Å². The zero-order valence-electron chi connectivity index (χ0n) is 14.1. The summed E-state index contributed by atoms with van der Waals surface area (Å²) in [6.07, 6.45) is -4.09. The second kappa shape index (κ2) is 7.14. The van der Waals surface area contributed by atoms with Crippen LogP contribution in [0.15, 0.2) is 54.7 Å². The van der Waals surface area contributed by atoms with Crippen LogP contribution >= 0.6 is 0 Å². The molecule has 140 valence electrons. The molecule has 1 heterocycles. The van der Waals surface area contributed by atoms with Gasteiger partial charge in [-0.05, 0) is 37.3 Å². The Morgan fingerprint density at radius 3 is 2.41 bits per heavy atom. The Hall–Kier alpha value is -3.29. The molecule has 2 N–H and O–H groups in total. The van der Waals surface area contributed by atoms with E-state index in [0.29, 0.717) is 10.9 Å². The summed E-state index contributed by atoms with van der Waals surface area (Å²) in [5.41, 5.74) is 0.397. The maximum atomic E-state index is 12.6. The van der Waals surface area contributed by atoms with Crippen molar-refractivity contribution in [1.29, 1.82) is 0 Å². The van der Waals surface area contributed by atoms with Gasteiger partial charge in [0.15, 0.2) is 6.10 Å². The van der Waals surface area contributed by atoms with E-state index in [2.05, 4.69) is 10.3 Å². The molecule has 0 spiro atoms. The third-order valence-electron chi connectivity index (χ3n) is 3.94. The number of H-pyrrole nitrogens is 1. The van der Waals surface area contributed by atoms with E-state index in [-0.39, 0.29) is 5.69 Å². The van der Waals surface area contributed by atoms with E-state index in [9.17, 15) is 22.8 Å². The van der Waals surface area contributed by atoms with Crippen LogP contribution in [-0.4, -0.2) is 23.0 Å². The van der Waals surface area contributed by atoms with Gasteiger partial charge in [0.2, 0.25) is 0 Å². The van der Waals surface area contributed by atoms with Gasteiger partial charge in [-0.3, -0.25) is 4.79 Å². The second-order valence-electron chi connectivity index (χ2n) is 5.86. The minimum atomic E-state index is -4.45. The summed E-state index contributed by atoms with van der Waals surface area (Å²) in [5, 5.41) is 3.08. The third kappa shape index (κ3) is 4.11. The molecule has 0 bridgehead atoms. The van der Waals surface area contributed by atoms with Gasteiger partial charge in [0.25, 0.3) is 5.91 Å². The number of rotatable bonds is 4. The van der Waals surface area contributed by atoms with E-state index in [1.165, 1.54) is 13.1 Å². The molecule has 1 atom stereocenters. The van der Waals surface area contributed by atoms with E-state index < -0.39 is 29.7 Å². The van der Waals surface area contributed by atoms with Crippen LogP contribution in [0.25, 0.3) is 10.9 Å². The average molecular weight is 376 g/mol. The highest BCUT2D eigenvalue weighted by Crippen LogP contribution is 2.29. The first-order chi connectivity index (χ1) is 12.8. The fourth-order valence-electron chi connectivity index (χ4n) is 2.50. The molecule has 3 rings (SSSR count). The summed E-state index contributed by atoms with van der Waals surface area (Å²) in [4.78, 5) is 27.4. The molecule has 0 radical (unpaired) electrons. The molecule has 27 heavy (non-hydrogen) atoms. The highest BCUT2D eigenvalue weighted by Gasteiger charge is 2.30. The van der Waals surface area contributed by atoms with Crippen LogP contribution < -0.4 is 5.32 Å². The third-order valence-corrected chi connectivity index (χ3v) is 3.94. The molecule has 1 aromatic heterocycles. The number of halogens is 3. The quantitative estimate of drug-likeness (QED) is 0.664. The summed E-state index contributed by atoms with van der Waals surface area (Å²) in [6, 6.07) is 11.1. The average Bonchev–Trinajstić information content (AvgIpc) is 3.05. The number of hydrogen-bond donors (Lipinski definition) is 2. The zero-order chi connectivity index (χ0) is 19.6. The summed E-state index contributed by atoms with van der Waals surface area (Å²) in [6.45, 7) is 1.38. The molecule has 0 aliphatic rings. The number of nitrogens with one attached hydrogen (secondary N) is 2. The molecule has 1 amide bonds. The Balaban J connectivity index is 1.64.